The SMILES string of the molecule is Cn1cc(C(=O)N2CCCC(c3nnc(CN4CCCCC4)n3C)C2)cn1. The molecule has 8 heteroatoms. The number of hydrogen-bond acceptors (Lipinski definition) is 5. The molecule has 0 N–H and O–H groups in total. The standard InChI is InChI=1S/C19H29N7O/c1-23-12-16(11-20-23)19(27)26-10-6-7-15(13-26)18-22-21-17(24(18)2)14-25-8-4-3-5-9-25/h11-12,15H,3-10,13-14H2,1-2H3. The molecule has 4 rings (SSSR count). The highest BCUT2D eigenvalue weighted by atomic mass is 16.2. The summed E-state index contributed by atoms with van der Waals surface area (Å²) < 4.78 is 3.82. The first kappa shape index (κ1) is 18.2. The van der Waals surface area contributed by atoms with E-state index in [1.165, 1.54) is 19.3 Å². The second-order valence-corrected chi connectivity index (χ2v) is 7.86. The Kier molecular flexibility index (Phi) is 5.24. The zero-order chi connectivity index (χ0) is 18.8. The van der Waals surface area contributed by atoms with Crippen molar-refractivity contribution in [1.82, 2.24) is 34.3 Å². The summed E-state index contributed by atoms with van der Waals surface area (Å²) in [6.45, 7) is 4.67. The Balaban J connectivity index is 1.44. The monoisotopic (exact) mass is 371 g/mol. The maximum Gasteiger partial charge on any atom is 0.257 e. The number of amides is 1. The topological polar surface area (TPSA) is 72.1 Å². The molecule has 27 heavy (non-hydrogen) atoms. The van der Waals surface area contributed by atoms with E-state index in [9.17, 15) is 4.79 Å². The van der Waals surface area contributed by atoms with E-state index in [2.05, 4.69) is 31.8 Å². The van der Waals surface area contributed by atoms with Crippen molar-refractivity contribution in [3.63, 3.8) is 0 Å². The molecule has 2 fully saturated rings. The quantitative estimate of drug-likeness (QED) is 0.815. The molecule has 2 aliphatic rings. The average Bonchev–Trinajstić information content (AvgIpc) is 3.28. The van der Waals surface area contributed by atoms with Crippen molar-refractivity contribution in [3.8, 4) is 0 Å². The highest BCUT2D eigenvalue weighted by Crippen LogP contribution is 2.27. The second-order valence-electron chi connectivity index (χ2n) is 7.86. The van der Waals surface area contributed by atoms with Gasteiger partial charge in [0.2, 0.25) is 0 Å². The van der Waals surface area contributed by atoms with Gasteiger partial charge in [-0.1, -0.05) is 6.42 Å². The van der Waals surface area contributed by atoms with Crippen LogP contribution in [0.4, 0.5) is 0 Å². The van der Waals surface area contributed by atoms with Gasteiger partial charge in [-0.25, -0.2) is 0 Å². The summed E-state index contributed by atoms with van der Waals surface area (Å²) in [6.07, 6.45) is 9.36. The molecule has 0 saturated carbocycles. The molecule has 146 valence electrons. The Hall–Kier alpha value is -2.22. The number of aromatic nitrogens is 5. The van der Waals surface area contributed by atoms with Gasteiger partial charge in [-0.2, -0.15) is 5.10 Å². The number of hydrogen-bond donors (Lipinski definition) is 0. The van der Waals surface area contributed by atoms with E-state index in [-0.39, 0.29) is 11.8 Å². The molecule has 1 atom stereocenters. The van der Waals surface area contributed by atoms with Crippen molar-refractivity contribution >= 4 is 5.91 Å². The van der Waals surface area contributed by atoms with Crippen molar-refractivity contribution in [1.29, 1.82) is 0 Å². The maximum absolute atomic E-state index is 12.8. The summed E-state index contributed by atoms with van der Waals surface area (Å²) in [6, 6.07) is 0. The highest BCUT2D eigenvalue weighted by Gasteiger charge is 2.29. The molecule has 2 saturated heterocycles. The summed E-state index contributed by atoms with van der Waals surface area (Å²) >= 11 is 0. The fourth-order valence-electron chi connectivity index (χ4n) is 4.27. The molecule has 4 heterocycles. The number of rotatable bonds is 4. The van der Waals surface area contributed by atoms with E-state index in [0.717, 1.165) is 50.7 Å². The number of carbonyl (C=O) groups is 1. The molecule has 0 aromatic carbocycles. The van der Waals surface area contributed by atoms with Crippen molar-refractivity contribution in [2.75, 3.05) is 26.2 Å². The largest absolute Gasteiger partial charge is 0.338 e. The van der Waals surface area contributed by atoms with Crippen LogP contribution in [-0.4, -0.2) is 66.4 Å². The van der Waals surface area contributed by atoms with Crippen LogP contribution in [0.25, 0.3) is 0 Å². The molecular formula is C19H29N7O. The Morgan fingerprint density at radius 1 is 1.11 bits per heavy atom. The lowest BCUT2D eigenvalue weighted by Crippen LogP contribution is -2.39. The van der Waals surface area contributed by atoms with E-state index in [1.807, 2.05) is 11.9 Å². The Bertz CT molecular complexity index is 790. The van der Waals surface area contributed by atoms with Gasteiger partial charge in [0, 0.05) is 39.3 Å². The molecule has 1 unspecified atom stereocenters. The van der Waals surface area contributed by atoms with Gasteiger partial charge in [0.05, 0.1) is 18.3 Å². The second kappa shape index (κ2) is 7.80. The third-order valence-corrected chi connectivity index (χ3v) is 5.84. The lowest BCUT2D eigenvalue weighted by Gasteiger charge is -2.32. The molecule has 2 aromatic heterocycles. The van der Waals surface area contributed by atoms with Crippen LogP contribution in [0.5, 0.6) is 0 Å². The average molecular weight is 371 g/mol. The van der Waals surface area contributed by atoms with E-state index in [1.54, 1.807) is 17.1 Å². The summed E-state index contributed by atoms with van der Waals surface area (Å²) in [4.78, 5) is 17.2. The molecule has 0 bridgehead atoms. The van der Waals surface area contributed by atoms with Crippen molar-refractivity contribution in [3.05, 3.63) is 29.6 Å². The third-order valence-electron chi connectivity index (χ3n) is 5.84. The Morgan fingerprint density at radius 3 is 2.67 bits per heavy atom. The van der Waals surface area contributed by atoms with Crippen LogP contribution >= 0.6 is 0 Å². The summed E-state index contributed by atoms with van der Waals surface area (Å²) in [5, 5.41) is 13.1. The molecule has 0 radical (unpaired) electrons. The van der Waals surface area contributed by atoms with Gasteiger partial charge in [0.15, 0.2) is 0 Å². The maximum atomic E-state index is 12.8. The number of likely N-dealkylation sites (tertiary alicyclic amines) is 2. The molecule has 0 aliphatic carbocycles. The van der Waals surface area contributed by atoms with Crippen LogP contribution in [-0.2, 0) is 20.6 Å². The van der Waals surface area contributed by atoms with Crippen LogP contribution in [0.2, 0.25) is 0 Å². The number of aryl methyl sites for hydroxylation is 1. The van der Waals surface area contributed by atoms with Gasteiger partial charge in [-0.05, 0) is 38.8 Å². The minimum absolute atomic E-state index is 0.0588. The van der Waals surface area contributed by atoms with Gasteiger partial charge in [0.1, 0.15) is 11.6 Å². The highest BCUT2D eigenvalue weighted by molar-refractivity contribution is 5.93. The molecular weight excluding hydrogens is 342 g/mol. The first-order valence-corrected chi connectivity index (χ1v) is 10.0. The normalized spacial score (nSPS) is 21.6. The van der Waals surface area contributed by atoms with Crippen LogP contribution in [0.15, 0.2) is 12.4 Å². The zero-order valence-corrected chi connectivity index (χ0v) is 16.3. The van der Waals surface area contributed by atoms with Crippen molar-refractivity contribution in [2.24, 2.45) is 14.1 Å². The number of carbonyl (C=O) groups excluding carboxylic acids is 1. The lowest BCUT2D eigenvalue weighted by atomic mass is 9.96. The molecule has 0 spiro atoms. The van der Waals surface area contributed by atoms with Crippen molar-refractivity contribution in [2.45, 2.75) is 44.6 Å². The smallest absolute Gasteiger partial charge is 0.257 e. The number of piperidine rings is 2. The van der Waals surface area contributed by atoms with Gasteiger partial charge in [-0.3, -0.25) is 14.4 Å². The molecule has 2 aromatic rings. The van der Waals surface area contributed by atoms with Crippen LogP contribution in [0, 0.1) is 0 Å². The fraction of sp³-hybridized carbons (Fsp3) is 0.684. The molecule has 1 amide bonds. The first-order valence-electron chi connectivity index (χ1n) is 10.0. The number of nitrogens with zero attached hydrogens (tertiary/aromatic N) is 7. The third kappa shape index (κ3) is 3.90. The Labute approximate surface area is 160 Å². The minimum atomic E-state index is 0.0588. The molecule has 8 nitrogen and oxygen atoms in total. The zero-order valence-electron chi connectivity index (χ0n) is 16.3. The Morgan fingerprint density at radius 2 is 1.93 bits per heavy atom. The summed E-state index contributed by atoms with van der Waals surface area (Å²) in [5.74, 6) is 2.34. The van der Waals surface area contributed by atoms with E-state index in [0.29, 0.717) is 12.1 Å². The van der Waals surface area contributed by atoms with Crippen LogP contribution in [0.3, 0.4) is 0 Å². The summed E-state index contributed by atoms with van der Waals surface area (Å²) in [7, 11) is 3.90. The van der Waals surface area contributed by atoms with Gasteiger partial charge < -0.3 is 9.47 Å². The van der Waals surface area contributed by atoms with Crippen molar-refractivity contribution < 1.29 is 4.79 Å². The minimum Gasteiger partial charge on any atom is -0.338 e. The predicted molar refractivity (Wildman–Crippen MR) is 101 cm³/mol. The van der Waals surface area contributed by atoms with E-state index < -0.39 is 0 Å². The van der Waals surface area contributed by atoms with E-state index >= 15 is 0 Å². The van der Waals surface area contributed by atoms with Gasteiger partial charge >= 0.3 is 0 Å². The fourth-order valence-corrected chi connectivity index (χ4v) is 4.27. The predicted octanol–water partition coefficient (Wildman–Crippen LogP) is 1.55. The van der Waals surface area contributed by atoms with Crippen LogP contribution in [0.1, 0.15) is 60.0 Å². The van der Waals surface area contributed by atoms with Gasteiger partial charge in [-0.15, -0.1) is 10.2 Å². The van der Waals surface area contributed by atoms with Crippen LogP contribution < -0.4 is 0 Å². The summed E-state index contributed by atoms with van der Waals surface area (Å²) in [5.41, 5.74) is 0.655. The molecule has 2 aliphatic heterocycles. The van der Waals surface area contributed by atoms with E-state index in [4.69, 9.17) is 0 Å². The van der Waals surface area contributed by atoms with Gasteiger partial charge in [0.25, 0.3) is 5.91 Å². The first-order chi connectivity index (χ1) is 13.1. The lowest BCUT2D eigenvalue weighted by molar-refractivity contribution is 0.0703.